The molecule has 0 saturated heterocycles. The van der Waals surface area contributed by atoms with Crippen molar-refractivity contribution in [1.29, 1.82) is 0 Å². The summed E-state index contributed by atoms with van der Waals surface area (Å²) in [5.74, 6) is -0.490. The van der Waals surface area contributed by atoms with E-state index in [4.69, 9.17) is 0 Å². The molecule has 0 radical (unpaired) electrons. The van der Waals surface area contributed by atoms with Gasteiger partial charge in [-0.1, -0.05) is 0 Å². The number of amides is 1. The molecule has 0 bridgehead atoms. The van der Waals surface area contributed by atoms with Gasteiger partial charge in [0.2, 0.25) is 0 Å². The van der Waals surface area contributed by atoms with Crippen LogP contribution in [0.2, 0.25) is 0 Å². The third-order valence-corrected chi connectivity index (χ3v) is 4.67. The second kappa shape index (κ2) is 7.03. The maximum Gasteiger partial charge on any atom is 0.257 e. The Morgan fingerprint density at radius 2 is 1.72 bits per heavy atom. The smallest absolute Gasteiger partial charge is 0.257 e. The topological polar surface area (TPSA) is 45.2 Å². The lowest BCUT2D eigenvalue weighted by Crippen LogP contribution is -2.13. The van der Waals surface area contributed by atoms with Crippen LogP contribution in [0.25, 0.3) is 11.3 Å². The number of nitrogens with one attached hydrogen (secondary N) is 1. The number of nitrogens with zero attached hydrogens (tertiary/aromatic N) is 2. The highest BCUT2D eigenvalue weighted by molar-refractivity contribution is 7.16. The van der Waals surface area contributed by atoms with Crippen molar-refractivity contribution < 1.29 is 9.18 Å². The molecule has 128 valence electrons. The number of carbonyl (C=O) groups excluding carboxylic acids is 1. The molecule has 0 saturated carbocycles. The number of carbonyl (C=O) groups is 1. The Morgan fingerprint density at radius 1 is 1.08 bits per heavy atom. The quantitative estimate of drug-likeness (QED) is 0.745. The van der Waals surface area contributed by atoms with E-state index in [0.29, 0.717) is 10.7 Å². The van der Waals surface area contributed by atoms with E-state index >= 15 is 0 Å². The summed E-state index contributed by atoms with van der Waals surface area (Å²) in [4.78, 5) is 19.8. The van der Waals surface area contributed by atoms with Gasteiger partial charge in [0.25, 0.3) is 5.91 Å². The molecular weight excluding hydrogens is 337 g/mol. The van der Waals surface area contributed by atoms with E-state index in [2.05, 4.69) is 10.3 Å². The molecule has 0 aliphatic carbocycles. The van der Waals surface area contributed by atoms with Crippen molar-refractivity contribution in [3.05, 3.63) is 64.8 Å². The van der Waals surface area contributed by atoms with Crippen LogP contribution in [-0.2, 0) is 0 Å². The standard InChI is InChI=1S/C19H18FN3OS/c1-12-17(13-4-8-15(20)9-5-13)21-19(25-12)22-18(24)14-6-10-16(11-7-14)23(2)3/h4-11H,1-3H3,(H,21,22,24). The SMILES string of the molecule is Cc1sc(NC(=O)c2ccc(N(C)C)cc2)nc1-c1ccc(F)cc1. The second-order valence-corrected chi connectivity index (χ2v) is 7.03. The first-order valence-corrected chi connectivity index (χ1v) is 8.58. The molecule has 0 aliphatic heterocycles. The average Bonchev–Trinajstić information content (AvgIpc) is 2.96. The van der Waals surface area contributed by atoms with Crippen LogP contribution in [0.15, 0.2) is 48.5 Å². The van der Waals surface area contributed by atoms with Gasteiger partial charge < -0.3 is 4.90 Å². The first-order valence-electron chi connectivity index (χ1n) is 7.76. The summed E-state index contributed by atoms with van der Waals surface area (Å²) < 4.78 is 13.1. The van der Waals surface area contributed by atoms with E-state index in [0.717, 1.165) is 21.8 Å². The van der Waals surface area contributed by atoms with E-state index in [1.807, 2.05) is 38.1 Å². The van der Waals surface area contributed by atoms with Gasteiger partial charge in [0.1, 0.15) is 5.82 Å². The lowest BCUT2D eigenvalue weighted by Gasteiger charge is -2.12. The molecular formula is C19H18FN3OS. The van der Waals surface area contributed by atoms with Crippen molar-refractivity contribution in [1.82, 2.24) is 4.98 Å². The Balaban J connectivity index is 1.78. The summed E-state index contributed by atoms with van der Waals surface area (Å²) in [6.07, 6.45) is 0. The Kier molecular flexibility index (Phi) is 4.81. The van der Waals surface area contributed by atoms with E-state index in [-0.39, 0.29) is 11.7 Å². The molecule has 0 fully saturated rings. The van der Waals surface area contributed by atoms with Gasteiger partial charge in [-0.15, -0.1) is 11.3 Å². The molecule has 3 rings (SSSR count). The first-order chi connectivity index (χ1) is 11.9. The zero-order chi connectivity index (χ0) is 18.0. The fraction of sp³-hybridized carbons (Fsp3) is 0.158. The molecule has 0 aliphatic rings. The van der Waals surface area contributed by atoms with E-state index in [9.17, 15) is 9.18 Å². The Bertz CT molecular complexity index is 886. The normalized spacial score (nSPS) is 10.6. The molecule has 1 amide bonds. The lowest BCUT2D eigenvalue weighted by atomic mass is 10.1. The highest BCUT2D eigenvalue weighted by Gasteiger charge is 2.13. The number of hydrogen-bond donors (Lipinski definition) is 1. The largest absolute Gasteiger partial charge is 0.378 e. The van der Waals surface area contributed by atoms with Gasteiger partial charge in [-0.05, 0) is 55.5 Å². The predicted molar refractivity (Wildman–Crippen MR) is 101 cm³/mol. The zero-order valence-corrected chi connectivity index (χ0v) is 15.0. The number of hydrogen-bond acceptors (Lipinski definition) is 4. The van der Waals surface area contributed by atoms with Crippen molar-refractivity contribution in [3.63, 3.8) is 0 Å². The minimum absolute atomic E-state index is 0.204. The van der Waals surface area contributed by atoms with Crippen LogP contribution in [0.1, 0.15) is 15.2 Å². The third kappa shape index (κ3) is 3.85. The van der Waals surface area contributed by atoms with Crippen LogP contribution in [-0.4, -0.2) is 25.0 Å². The van der Waals surface area contributed by atoms with Crippen LogP contribution in [0.3, 0.4) is 0 Å². The van der Waals surface area contributed by atoms with Crippen molar-refractivity contribution in [3.8, 4) is 11.3 Å². The fourth-order valence-electron chi connectivity index (χ4n) is 2.41. The molecule has 6 heteroatoms. The molecule has 0 unspecified atom stereocenters. The maximum absolute atomic E-state index is 13.1. The van der Waals surface area contributed by atoms with Gasteiger partial charge in [-0.2, -0.15) is 0 Å². The van der Waals surface area contributed by atoms with Crippen molar-refractivity contribution >= 4 is 28.1 Å². The number of halogens is 1. The van der Waals surface area contributed by atoms with Crippen molar-refractivity contribution in [2.45, 2.75) is 6.92 Å². The van der Waals surface area contributed by atoms with Crippen LogP contribution >= 0.6 is 11.3 Å². The molecule has 0 atom stereocenters. The van der Waals surface area contributed by atoms with Gasteiger partial charge in [0, 0.05) is 35.8 Å². The number of anilines is 2. The van der Waals surface area contributed by atoms with Crippen LogP contribution in [0.4, 0.5) is 15.2 Å². The number of benzene rings is 2. The molecule has 1 heterocycles. The Labute approximate surface area is 150 Å². The molecule has 4 nitrogen and oxygen atoms in total. The number of rotatable bonds is 4. The summed E-state index contributed by atoms with van der Waals surface area (Å²) in [6.45, 7) is 1.93. The monoisotopic (exact) mass is 355 g/mol. The number of aryl methyl sites for hydroxylation is 1. The van der Waals surface area contributed by atoms with Crippen LogP contribution in [0.5, 0.6) is 0 Å². The van der Waals surface area contributed by atoms with E-state index in [1.165, 1.54) is 23.5 Å². The summed E-state index contributed by atoms with van der Waals surface area (Å²) in [6, 6.07) is 13.5. The fourth-order valence-corrected chi connectivity index (χ4v) is 3.24. The second-order valence-electron chi connectivity index (χ2n) is 5.83. The summed E-state index contributed by atoms with van der Waals surface area (Å²) in [5.41, 5.74) is 3.18. The van der Waals surface area contributed by atoms with E-state index < -0.39 is 0 Å². The highest BCUT2D eigenvalue weighted by atomic mass is 32.1. The summed E-state index contributed by atoms with van der Waals surface area (Å²) >= 11 is 1.40. The third-order valence-electron chi connectivity index (χ3n) is 3.78. The molecule has 1 N–H and O–H groups in total. The van der Waals surface area contributed by atoms with Gasteiger partial charge >= 0.3 is 0 Å². The molecule has 2 aromatic carbocycles. The molecule has 1 aromatic heterocycles. The number of thiazole rings is 1. The van der Waals surface area contributed by atoms with Gasteiger partial charge in [0.15, 0.2) is 5.13 Å². The maximum atomic E-state index is 13.1. The van der Waals surface area contributed by atoms with Crippen LogP contribution in [0, 0.1) is 12.7 Å². The summed E-state index contributed by atoms with van der Waals surface area (Å²) in [7, 11) is 3.90. The molecule has 3 aromatic rings. The minimum atomic E-state index is -0.286. The van der Waals surface area contributed by atoms with Crippen LogP contribution < -0.4 is 10.2 Å². The summed E-state index contributed by atoms with van der Waals surface area (Å²) in [5, 5.41) is 3.36. The van der Waals surface area contributed by atoms with Gasteiger partial charge in [0.05, 0.1) is 5.69 Å². The minimum Gasteiger partial charge on any atom is -0.378 e. The number of aromatic nitrogens is 1. The van der Waals surface area contributed by atoms with Gasteiger partial charge in [-0.3, -0.25) is 10.1 Å². The first kappa shape index (κ1) is 17.1. The van der Waals surface area contributed by atoms with Crippen molar-refractivity contribution in [2.24, 2.45) is 0 Å². The molecule has 25 heavy (non-hydrogen) atoms. The van der Waals surface area contributed by atoms with Gasteiger partial charge in [-0.25, -0.2) is 9.37 Å². The Hall–Kier alpha value is -2.73. The van der Waals surface area contributed by atoms with Crippen molar-refractivity contribution in [2.75, 3.05) is 24.3 Å². The molecule has 0 spiro atoms. The zero-order valence-electron chi connectivity index (χ0n) is 14.2. The predicted octanol–water partition coefficient (Wildman–Crippen LogP) is 4.58. The lowest BCUT2D eigenvalue weighted by molar-refractivity contribution is 0.102. The highest BCUT2D eigenvalue weighted by Crippen LogP contribution is 2.30. The average molecular weight is 355 g/mol. The van der Waals surface area contributed by atoms with E-state index in [1.54, 1.807) is 24.3 Å². The Morgan fingerprint density at radius 3 is 2.32 bits per heavy atom.